The molecule has 0 fully saturated rings. The van der Waals surface area contributed by atoms with E-state index in [0.717, 1.165) is 0 Å². The highest BCUT2D eigenvalue weighted by Crippen LogP contribution is 2.37. The number of rotatable bonds is 6. The molecule has 3 rings (SSSR count). The highest BCUT2D eigenvalue weighted by atomic mass is 16.7. The van der Waals surface area contributed by atoms with Crippen molar-refractivity contribution in [3.8, 4) is 23.0 Å². The van der Waals surface area contributed by atoms with Crippen LogP contribution < -0.4 is 24.4 Å². The fourth-order valence-corrected chi connectivity index (χ4v) is 2.29. The molecule has 7 heteroatoms. The molecule has 1 aliphatic rings. The van der Waals surface area contributed by atoms with Gasteiger partial charge in [-0.25, -0.2) is 5.43 Å². The summed E-state index contributed by atoms with van der Waals surface area (Å²) >= 11 is 0. The van der Waals surface area contributed by atoms with Crippen LogP contribution in [0.4, 0.5) is 0 Å². The van der Waals surface area contributed by atoms with Gasteiger partial charge in [-0.05, 0) is 37.3 Å². The van der Waals surface area contributed by atoms with E-state index in [-0.39, 0.29) is 12.7 Å². The van der Waals surface area contributed by atoms with Gasteiger partial charge in [0.2, 0.25) is 6.79 Å². The van der Waals surface area contributed by atoms with E-state index in [9.17, 15) is 4.79 Å². The van der Waals surface area contributed by atoms with E-state index in [4.69, 9.17) is 18.9 Å². The number of hydrogen-bond acceptors (Lipinski definition) is 6. The highest BCUT2D eigenvalue weighted by molar-refractivity contribution is 5.95. The Labute approximate surface area is 145 Å². The third kappa shape index (κ3) is 3.82. The molecule has 1 heterocycles. The number of nitrogens with zero attached hydrogens (tertiary/aromatic N) is 1. The van der Waals surface area contributed by atoms with Gasteiger partial charge in [-0.3, -0.25) is 4.79 Å². The molecule has 2 aromatic carbocycles. The number of carbonyl (C=O) groups excluding carboxylic acids is 1. The number of nitrogens with one attached hydrogen (secondary N) is 1. The van der Waals surface area contributed by atoms with Crippen LogP contribution in [0.25, 0.3) is 0 Å². The van der Waals surface area contributed by atoms with Gasteiger partial charge in [-0.15, -0.1) is 0 Å². The third-order valence-corrected chi connectivity index (χ3v) is 3.53. The van der Waals surface area contributed by atoms with Crippen LogP contribution in [-0.2, 0) is 0 Å². The van der Waals surface area contributed by atoms with Crippen molar-refractivity contribution in [2.45, 2.75) is 6.92 Å². The van der Waals surface area contributed by atoms with Crippen LogP contribution in [0.2, 0.25) is 0 Å². The van der Waals surface area contributed by atoms with Crippen LogP contribution in [0.5, 0.6) is 23.0 Å². The maximum absolute atomic E-state index is 12.1. The zero-order chi connectivity index (χ0) is 17.6. The van der Waals surface area contributed by atoms with Crippen molar-refractivity contribution < 1.29 is 23.7 Å². The topological polar surface area (TPSA) is 78.4 Å². The molecule has 2 aromatic rings. The first-order chi connectivity index (χ1) is 12.2. The first kappa shape index (κ1) is 16.6. The summed E-state index contributed by atoms with van der Waals surface area (Å²) in [6, 6.07) is 10.3. The molecule has 0 bridgehead atoms. The summed E-state index contributed by atoms with van der Waals surface area (Å²) in [7, 11) is 1.57. The van der Waals surface area contributed by atoms with E-state index in [0.29, 0.717) is 40.7 Å². The van der Waals surface area contributed by atoms with Gasteiger partial charge < -0.3 is 18.9 Å². The lowest BCUT2D eigenvalue weighted by Gasteiger charge is -2.08. The summed E-state index contributed by atoms with van der Waals surface area (Å²) < 4.78 is 21.3. The Kier molecular flexibility index (Phi) is 5.03. The van der Waals surface area contributed by atoms with Crippen LogP contribution in [-0.4, -0.2) is 32.6 Å². The molecule has 0 saturated heterocycles. The zero-order valence-electron chi connectivity index (χ0n) is 13.9. The van der Waals surface area contributed by atoms with Crippen molar-refractivity contribution in [2.75, 3.05) is 20.5 Å². The van der Waals surface area contributed by atoms with E-state index in [1.807, 2.05) is 6.92 Å². The number of amides is 1. The molecule has 1 N–H and O–H groups in total. The van der Waals surface area contributed by atoms with Crippen LogP contribution in [0, 0.1) is 0 Å². The SMILES string of the molecule is CCOc1cc2c(cc1/C=N/NC(=O)c1ccc(OC)cc1)OCO2. The Morgan fingerprint density at radius 1 is 1.24 bits per heavy atom. The summed E-state index contributed by atoms with van der Waals surface area (Å²) in [5, 5.41) is 4.00. The Bertz CT molecular complexity index is 787. The van der Waals surface area contributed by atoms with Crippen LogP contribution in [0.15, 0.2) is 41.5 Å². The van der Waals surface area contributed by atoms with Gasteiger partial charge in [-0.2, -0.15) is 5.10 Å². The van der Waals surface area contributed by atoms with Gasteiger partial charge in [0.15, 0.2) is 11.5 Å². The number of hydrogen-bond donors (Lipinski definition) is 1. The molecule has 0 aromatic heterocycles. The molecule has 1 amide bonds. The Hall–Kier alpha value is -3.22. The summed E-state index contributed by atoms with van der Waals surface area (Å²) in [6.07, 6.45) is 1.51. The molecule has 0 radical (unpaired) electrons. The first-order valence-electron chi connectivity index (χ1n) is 7.75. The number of benzene rings is 2. The number of methoxy groups -OCH3 is 1. The largest absolute Gasteiger partial charge is 0.497 e. The van der Waals surface area contributed by atoms with Crippen molar-refractivity contribution in [1.82, 2.24) is 5.43 Å². The van der Waals surface area contributed by atoms with Crippen molar-refractivity contribution in [2.24, 2.45) is 5.10 Å². The van der Waals surface area contributed by atoms with Gasteiger partial charge in [0.25, 0.3) is 5.91 Å². The Morgan fingerprint density at radius 3 is 2.64 bits per heavy atom. The van der Waals surface area contributed by atoms with E-state index in [1.165, 1.54) is 6.21 Å². The molecule has 0 spiro atoms. The highest BCUT2D eigenvalue weighted by Gasteiger charge is 2.17. The normalized spacial score (nSPS) is 12.2. The first-order valence-corrected chi connectivity index (χ1v) is 7.75. The fraction of sp³-hybridized carbons (Fsp3) is 0.222. The van der Waals surface area contributed by atoms with E-state index in [1.54, 1.807) is 43.5 Å². The average Bonchev–Trinajstić information content (AvgIpc) is 3.09. The van der Waals surface area contributed by atoms with Crippen molar-refractivity contribution in [1.29, 1.82) is 0 Å². The lowest BCUT2D eigenvalue weighted by atomic mass is 10.2. The van der Waals surface area contributed by atoms with E-state index >= 15 is 0 Å². The quantitative estimate of drug-likeness (QED) is 0.645. The van der Waals surface area contributed by atoms with Crippen LogP contribution >= 0.6 is 0 Å². The molecule has 0 saturated carbocycles. The lowest BCUT2D eigenvalue weighted by molar-refractivity contribution is 0.0955. The second kappa shape index (κ2) is 7.57. The molecular weight excluding hydrogens is 324 g/mol. The van der Waals surface area contributed by atoms with Crippen molar-refractivity contribution in [3.05, 3.63) is 47.5 Å². The predicted octanol–water partition coefficient (Wildman–Crippen LogP) is 2.59. The van der Waals surface area contributed by atoms with Gasteiger partial charge >= 0.3 is 0 Å². The minimum atomic E-state index is -0.322. The Balaban J connectivity index is 1.71. The second-order valence-corrected chi connectivity index (χ2v) is 5.10. The average molecular weight is 342 g/mol. The molecular formula is C18H18N2O5. The molecule has 0 aliphatic carbocycles. The minimum Gasteiger partial charge on any atom is -0.497 e. The standard InChI is InChI=1S/C18H18N2O5/c1-3-23-15-9-17-16(24-11-25-17)8-13(15)10-19-20-18(21)12-4-6-14(22-2)7-5-12/h4-10H,3,11H2,1-2H3,(H,20,21)/b19-10+. The molecule has 0 atom stereocenters. The zero-order valence-corrected chi connectivity index (χ0v) is 13.9. The maximum atomic E-state index is 12.1. The van der Waals surface area contributed by atoms with Gasteiger partial charge in [0.1, 0.15) is 11.5 Å². The number of hydrazone groups is 1. The molecule has 25 heavy (non-hydrogen) atoms. The molecule has 0 unspecified atom stereocenters. The summed E-state index contributed by atoms with van der Waals surface area (Å²) in [5.74, 6) is 2.21. The number of fused-ring (bicyclic) bond motifs is 1. The number of ether oxygens (including phenoxy) is 4. The van der Waals surface area contributed by atoms with Gasteiger partial charge in [-0.1, -0.05) is 0 Å². The minimum absolute atomic E-state index is 0.176. The van der Waals surface area contributed by atoms with Crippen LogP contribution in [0.1, 0.15) is 22.8 Å². The molecule has 130 valence electrons. The van der Waals surface area contributed by atoms with E-state index < -0.39 is 0 Å². The smallest absolute Gasteiger partial charge is 0.271 e. The van der Waals surface area contributed by atoms with Crippen molar-refractivity contribution in [3.63, 3.8) is 0 Å². The van der Waals surface area contributed by atoms with Crippen molar-refractivity contribution >= 4 is 12.1 Å². The summed E-state index contributed by atoms with van der Waals surface area (Å²) in [5.41, 5.74) is 3.65. The number of carbonyl (C=O) groups is 1. The van der Waals surface area contributed by atoms with Gasteiger partial charge in [0.05, 0.1) is 19.9 Å². The van der Waals surface area contributed by atoms with Gasteiger partial charge in [0, 0.05) is 17.2 Å². The molecule has 1 aliphatic heterocycles. The Morgan fingerprint density at radius 2 is 1.96 bits per heavy atom. The van der Waals surface area contributed by atoms with E-state index in [2.05, 4.69) is 10.5 Å². The monoisotopic (exact) mass is 342 g/mol. The fourth-order valence-electron chi connectivity index (χ4n) is 2.29. The lowest BCUT2D eigenvalue weighted by Crippen LogP contribution is -2.17. The predicted molar refractivity (Wildman–Crippen MR) is 91.8 cm³/mol. The maximum Gasteiger partial charge on any atom is 0.271 e. The van der Waals surface area contributed by atoms with Crippen LogP contribution in [0.3, 0.4) is 0 Å². The summed E-state index contributed by atoms with van der Waals surface area (Å²) in [6.45, 7) is 2.56. The summed E-state index contributed by atoms with van der Waals surface area (Å²) in [4.78, 5) is 12.1. The molecule has 7 nitrogen and oxygen atoms in total. The third-order valence-electron chi connectivity index (χ3n) is 3.53. The second-order valence-electron chi connectivity index (χ2n) is 5.10.